The van der Waals surface area contributed by atoms with Gasteiger partial charge >= 0.3 is 33.3 Å². The van der Waals surface area contributed by atoms with Crippen molar-refractivity contribution in [2.45, 2.75) is 104 Å². The number of H-pyrrole nitrogens is 1. The summed E-state index contributed by atoms with van der Waals surface area (Å²) in [6.07, 6.45) is 9.47. The average molecular weight is 824 g/mol. The van der Waals surface area contributed by atoms with Crippen molar-refractivity contribution in [3.63, 3.8) is 0 Å². The molecule has 1 aliphatic rings. The van der Waals surface area contributed by atoms with Gasteiger partial charge in [-0.15, -0.1) is 0 Å². The first-order chi connectivity index (χ1) is 26.3. The third-order valence-electron chi connectivity index (χ3n) is 8.14. The zero-order valence-corrected chi connectivity index (χ0v) is 33.6. The molecule has 2 aromatic carbocycles. The average Bonchev–Trinajstić information content (AvgIpc) is 3.63. The van der Waals surface area contributed by atoms with Crippen molar-refractivity contribution in [2.75, 3.05) is 6.61 Å². The molecule has 4 rings (SSSR count). The second-order valence-electron chi connectivity index (χ2n) is 12.8. The molecule has 4 atom stereocenters. The van der Waals surface area contributed by atoms with Gasteiger partial charge in [0.05, 0.1) is 19.8 Å². The van der Waals surface area contributed by atoms with Crippen LogP contribution in [0.25, 0.3) is 0 Å². The first kappa shape index (κ1) is 46.4. The maximum atomic E-state index is 13.9. The summed E-state index contributed by atoms with van der Waals surface area (Å²) in [6, 6.07) is 12.3. The van der Waals surface area contributed by atoms with E-state index in [2.05, 4.69) is 11.9 Å². The maximum absolute atomic E-state index is 13.9. The molecule has 0 saturated carbocycles. The second kappa shape index (κ2) is 22.7. The van der Waals surface area contributed by atoms with Crippen LogP contribution in [0.5, 0.6) is 11.5 Å². The van der Waals surface area contributed by atoms with Crippen LogP contribution in [0, 0.1) is 6.92 Å². The molecule has 3 aromatic rings. The summed E-state index contributed by atoms with van der Waals surface area (Å²) in [5.74, 6) is -0.144. The number of nitrogens with one attached hydrogen (secondary N) is 1. The highest BCUT2D eigenvalue weighted by molar-refractivity contribution is 7.61. The van der Waals surface area contributed by atoms with Gasteiger partial charge in [-0.25, -0.2) is 13.9 Å². The Kier molecular flexibility index (Phi) is 18.8. The van der Waals surface area contributed by atoms with Crippen LogP contribution in [0.4, 0.5) is 0 Å². The van der Waals surface area contributed by atoms with E-state index in [4.69, 9.17) is 32.1 Å². The number of aromatic nitrogens is 2. The van der Waals surface area contributed by atoms with Crippen LogP contribution in [0.2, 0.25) is 0 Å². The monoisotopic (exact) mass is 823 g/mol. The number of carbonyl (C=O) groups is 2. The van der Waals surface area contributed by atoms with Crippen molar-refractivity contribution in [3.05, 3.63) is 104 Å². The Morgan fingerprint density at radius 2 is 1.32 bits per heavy atom. The normalized spacial score (nSPS) is 17.1. The van der Waals surface area contributed by atoms with Gasteiger partial charge in [0.1, 0.15) is 17.6 Å². The summed E-state index contributed by atoms with van der Waals surface area (Å²) >= 11 is 0. The van der Waals surface area contributed by atoms with Crippen molar-refractivity contribution in [1.82, 2.24) is 15.7 Å². The van der Waals surface area contributed by atoms with Crippen molar-refractivity contribution in [1.29, 1.82) is 0 Å². The van der Waals surface area contributed by atoms with Crippen molar-refractivity contribution in [3.8, 4) is 11.5 Å². The van der Waals surface area contributed by atoms with Crippen LogP contribution in [-0.4, -0.2) is 39.1 Å². The second-order valence-corrected chi connectivity index (χ2v) is 16.0. The van der Waals surface area contributed by atoms with E-state index in [1.54, 1.807) is 24.3 Å². The zero-order chi connectivity index (χ0) is 39.8. The number of ether oxygens (including phenoxy) is 3. The number of phosphoric ester groups is 2. The fourth-order valence-corrected chi connectivity index (χ4v) is 7.69. The topological polar surface area (TPSA) is 243 Å². The van der Waals surface area contributed by atoms with Crippen LogP contribution in [0.15, 0.2) is 76.5 Å². The van der Waals surface area contributed by atoms with E-state index >= 15 is 0 Å². The van der Waals surface area contributed by atoms with Gasteiger partial charge in [0, 0.05) is 24.6 Å². The third kappa shape index (κ3) is 15.5. The van der Waals surface area contributed by atoms with Gasteiger partial charge in [0.2, 0.25) is 0 Å². The molecule has 0 spiro atoms. The number of esters is 2. The summed E-state index contributed by atoms with van der Waals surface area (Å²) in [6.45, 7) is 4.22. The van der Waals surface area contributed by atoms with E-state index in [0.717, 1.165) is 43.1 Å². The van der Waals surface area contributed by atoms with E-state index in [-0.39, 0.29) is 30.1 Å². The van der Waals surface area contributed by atoms with Crippen LogP contribution in [-0.2, 0) is 54.6 Å². The Balaban J connectivity index is 0.00000841. The van der Waals surface area contributed by atoms with Gasteiger partial charge in [0.25, 0.3) is 5.56 Å². The molecule has 1 aliphatic heterocycles. The quantitative estimate of drug-likeness (QED) is 0.0276. The minimum Gasteiger partial charge on any atom is -0.427 e. The minimum atomic E-state index is -5.16. The first-order valence-corrected chi connectivity index (χ1v) is 21.1. The predicted molar refractivity (Wildman–Crippen MR) is 205 cm³/mol. The lowest BCUT2D eigenvalue weighted by atomic mass is 10.1. The Bertz CT molecular complexity index is 1960. The number of aryl methyl sites for hydroxylation is 1. The molecule has 1 aromatic heterocycles. The van der Waals surface area contributed by atoms with Crippen molar-refractivity contribution >= 4 is 27.6 Å². The zero-order valence-electron chi connectivity index (χ0n) is 31.8. The van der Waals surface area contributed by atoms with E-state index in [9.17, 15) is 33.2 Å². The number of unbranched alkanes of at least 4 members (excludes halogenated alkanes) is 5. The molecular formula is C37H51N3O14P2. The van der Waals surface area contributed by atoms with Crippen LogP contribution < -0.4 is 26.9 Å². The molecule has 2 unspecified atom stereocenters. The molecule has 308 valence electrons. The fraction of sp³-hybridized carbons (Fsp3) is 0.459. The molecule has 56 heavy (non-hydrogen) atoms. The van der Waals surface area contributed by atoms with E-state index in [1.165, 1.54) is 49.5 Å². The maximum Gasteiger partial charge on any atom is 0.484 e. The van der Waals surface area contributed by atoms with Gasteiger partial charge in [0.15, 0.2) is 6.23 Å². The summed E-state index contributed by atoms with van der Waals surface area (Å²) in [5.41, 5.74) is -0.112. The Morgan fingerprint density at radius 3 is 1.88 bits per heavy atom. The molecular weight excluding hydrogens is 772 g/mol. The minimum absolute atomic E-state index is 0. The number of nitrogens with zero attached hydrogens (tertiary/aromatic N) is 1. The van der Waals surface area contributed by atoms with Crippen molar-refractivity contribution in [2.24, 2.45) is 0 Å². The predicted octanol–water partition coefficient (Wildman–Crippen LogP) is 7.50. The molecule has 0 radical (unpaired) electrons. The molecule has 2 heterocycles. The largest absolute Gasteiger partial charge is 0.484 e. The van der Waals surface area contributed by atoms with Gasteiger partial charge in [-0.3, -0.25) is 37.5 Å². The van der Waals surface area contributed by atoms with Gasteiger partial charge < -0.3 is 25.3 Å². The fourth-order valence-electron chi connectivity index (χ4n) is 5.09. The lowest BCUT2D eigenvalue weighted by Gasteiger charge is -2.22. The van der Waals surface area contributed by atoms with Gasteiger partial charge in [-0.05, 0) is 61.2 Å². The number of hydrogen-bond acceptors (Lipinski definition) is 14. The van der Waals surface area contributed by atoms with Crippen molar-refractivity contribution < 1.29 is 55.7 Å². The van der Waals surface area contributed by atoms with E-state index < -0.39 is 59.0 Å². The highest BCUT2D eigenvalue weighted by Crippen LogP contribution is 2.64. The van der Waals surface area contributed by atoms with Gasteiger partial charge in [-0.1, -0.05) is 76.3 Å². The summed E-state index contributed by atoms with van der Waals surface area (Å²) < 4.78 is 65.6. The number of benzene rings is 2. The molecule has 0 fully saturated rings. The molecule has 0 bridgehead atoms. The lowest BCUT2D eigenvalue weighted by Crippen LogP contribution is -2.33. The van der Waals surface area contributed by atoms with E-state index in [1.807, 2.05) is 6.92 Å². The number of phosphoric acid groups is 2. The SMILES string of the molecule is CCCCCCCC(=O)Oc1ccc(COP(=O)(OCc2ccc(OC(=O)CCCC)cc2)OP(=O)(O)OC[C@@H]2C=C[C@H](n3cc(C)c(=O)[nH]c3=O)O2)cc1.N. The molecule has 0 aliphatic carbocycles. The number of rotatable bonds is 23. The van der Waals surface area contributed by atoms with E-state index in [0.29, 0.717) is 35.5 Å². The van der Waals surface area contributed by atoms with Crippen LogP contribution in [0.3, 0.4) is 0 Å². The number of aromatic amines is 1. The standard InChI is InChI=1S/C37H48N2O14P2.H3N/c1-4-6-8-9-10-12-35(41)52-31-19-15-29(16-20-31)25-49-55(46,48-24-28-13-17-30(18-14-28)51-34(40)11-7-5-2)53-54(44,45)47-26-32-21-22-33(50-32)39-23-27(3)36(42)38-37(39)43;/h13-23,32-33H,4-12,24-26H2,1-3H3,(H,44,45)(H,38,42,43);1H3/t32-,33+,55?;/m0./s1. The Morgan fingerprint density at radius 1 is 0.786 bits per heavy atom. The summed E-state index contributed by atoms with van der Waals surface area (Å²) in [4.78, 5) is 61.0. The Hall–Kier alpha value is -4.02. The molecule has 0 saturated heterocycles. The third-order valence-corrected chi connectivity index (χ3v) is 11.1. The lowest BCUT2D eigenvalue weighted by molar-refractivity contribution is -0.135. The summed E-state index contributed by atoms with van der Waals surface area (Å²) in [7, 11) is -10.0. The van der Waals surface area contributed by atoms with Crippen LogP contribution in [0.1, 0.15) is 94.6 Å². The van der Waals surface area contributed by atoms with Gasteiger partial charge in [-0.2, -0.15) is 4.31 Å². The number of hydrogen-bond donors (Lipinski definition) is 3. The Labute approximate surface area is 325 Å². The highest BCUT2D eigenvalue weighted by Gasteiger charge is 2.39. The highest BCUT2D eigenvalue weighted by atomic mass is 31.3. The smallest absolute Gasteiger partial charge is 0.427 e. The summed E-state index contributed by atoms with van der Waals surface area (Å²) in [5, 5.41) is 0. The molecule has 0 amide bonds. The molecule has 19 heteroatoms. The van der Waals surface area contributed by atoms with Crippen LogP contribution >= 0.6 is 15.6 Å². The number of carbonyl (C=O) groups excluding carboxylic acids is 2. The molecule has 17 nitrogen and oxygen atoms in total. The first-order valence-electron chi connectivity index (χ1n) is 18.1. The molecule has 5 N–H and O–H groups in total.